The molecule has 0 aliphatic carbocycles. The summed E-state index contributed by atoms with van der Waals surface area (Å²) < 4.78 is 0. The van der Waals surface area contributed by atoms with Crippen molar-refractivity contribution in [1.82, 2.24) is 10.2 Å². The maximum absolute atomic E-state index is 9.52. The lowest BCUT2D eigenvalue weighted by molar-refractivity contribution is 0.161. The summed E-state index contributed by atoms with van der Waals surface area (Å²) in [6.07, 6.45) is 5.97. The molecule has 19 heavy (non-hydrogen) atoms. The van der Waals surface area contributed by atoms with Gasteiger partial charge in [0.05, 0.1) is 6.61 Å². The molecule has 1 unspecified atom stereocenters. The number of aliphatic hydroxyl groups is 1. The van der Waals surface area contributed by atoms with Crippen LogP contribution < -0.4 is 5.32 Å². The molecule has 0 radical (unpaired) electrons. The summed E-state index contributed by atoms with van der Waals surface area (Å²) in [6, 6.07) is 0. The van der Waals surface area contributed by atoms with E-state index in [0.717, 1.165) is 19.4 Å². The van der Waals surface area contributed by atoms with Crippen LogP contribution in [-0.2, 0) is 0 Å². The van der Waals surface area contributed by atoms with Crippen LogP contribution in [0.2, 0.25) is 0 Å². The lowest BCUT2D eigenvalue weighted by Crippen LogP contribution is -2.46. The largest absolute Gasteiger partial charge is 0.394 e. The van der Waals surface area contributed by atoms with Crippen LogP contribution in [0.4, 0.5) is 0 Å². The van der Waals surface area contributed by atoms with Gasteiger partial charge in [0.2, 0.25) is 0 Å². The predicted octanol–water partition coefficient (Wildman–Crippen LogP) is 2.64. The van der Waals surface area contributed by atoms with Gasteiger partial charge in [-0.2, -0.15) is 0 Å². The molecule has 0 bridgehead atoms. The quantitative estimate of drug-likeness (QED) is 0.632. The molecule has 1 atom stereocenters. The van der Waals surface area contributed by atoms with E-state index in [2.05, 4.69) is 37.9 Å². The number of nitrogens with zero attached hydrogens (tertiary/aromatic N) is 1. The summed E-state index contributed by atoms with van der Waals surface area (Å²) in [4.78, 5) is 2.59. The van der Waals surface area contributed by atoms with Crippen molar-refractivity contribution < 1.29 is 5.11 Å². The minimum absolute atomic E-state index is 0.0830. The molecule has 0 aromatic heterocycles. The minimum atomic E-state index is -0.0830. The van der Waals surface area contributed by atoms with E-state index in [0.29, 0.717) is 5.41 Å². The molecular weight excluding hydrogens is 236 g/mol. The van der Waals surface area contributed by atoms with Gasteiger partial charge in [-0.15, -0.1) is 0 Å². The molecule has 1 fully saturated rings. The fourth-order valence-electron chi connectivity index (χ4n) is 2.92. The third-order valence-electron chi connectivity index (χ3n) is 4.36. The van der Waals surface area contributed by atoms with Gasteiger partial charge in [-0.25, -0.2) is 0 Å². The highest BCUT2D eigenvalue weighted by Crippen LogP contribution is 2.28. The van der Waals surface area contributed by atoms with E-state index >= 15 is 0 Å². The highest BCUT2D eigenvalue weighted by molar-refractivity contribution is 4.84. The smallest absolute Gasteiger partial charge is 0.0610 e. The summed E-state index contributed by atoms with van der Waals surface area (Å²) in [5.74, 6) is 0. The average molecular weight is 270 g/mol. The Morgan fingerprint density at radius 1 is 1.32 bits per heavy atom. The number of aliphatic hydroxyl groups excluding tert-OH is 1. The second-order valence-corrected chi connectivity index (χ2v) is 7.29. The van der Waals surface area contributed by atoms with Crippen LogP contribution >= 0.6 is 0 Å². The van der Waals surface area contributed by atoms with Gasteiger partial charge in [0.15, 0.2) is 0 Å². The van der Waals surface area contributed by atoms with E-state index < -0.39 is 0 Å². The average Bonchev–Trinajstić information content (AvgIpc) is 2.72. The van der Waals surface area contributed by atoms with Crippen LogP contribution in [0.1, 0.15) is 59.8 Å². The Bertz CT molecular complexity index is 255. The normalized spacial score (nSPS) is 22.6. The van der Waals surface area contributed by atoms with Gasteiger partial charge in [0.25, 0.3) is 0 Å². The van der Waals surface area contributed by atoms with Gasteiger partial charge in [0.1, 0.15) is 0 Å². The van der Waals surface area contributed by atoms with Crippen LogP contribution in [-0.4, -0.2) is 48.3 Å². The Kier molecular flexibility index (Phi) is 6.78. The van der Waals surface area contributed by atoms with Crippen molar-refractivity contribution in [3.63, 3.8) is 0 Å². The molecular formula is C16H34N2O. The summed E-state index contributed by atoms with van der Waals surface area (Å²) in [5, 5.41) is 13.0. The van der Waals surface area contributed by atoms with E-state index in [-0.39, 0.29) is 12.1 Å². The summed E-state index contributed by atoms with van der Waals surface area (Å²) in [5.41, 5.74) is 0.433. The molecule has 0 aromatic carbocycles. The fourth-order valence-corrected chi connectivity index (χ4v) is 2.92. The summed E-state index contributed by atoms with van der Waals surface area (Å²) in [7, 11) is 0. The van der Waals surface area contributed by atoms with E-state index in [1.165, 1.54) is 38.9 Å². The van der Waals surface area contributed by atoms with Gasteiger partial charge in [-0.1, -0.05) is 27.2 Å². The molecule has 0 spiro atoms. The number of hydrogen-bond donors (Lipinski definition) is 2. The van der Waals surface area contributed by atoms with Gasteiger partial charge >= 0.3 is 0 Å². The molecule has 2 N–H and O–H groups in total. The number of nitrogens with one attached hydrogen (secondary N) is 1. The Hall–Kier alpha value is -0.120. The number of likely N-dealkylation sites (tertiary alicyclic amines) is 1. The third-order valence-corrected chi connectivity index (χ3v) is 4.36. The fraction of sp³-hybridized carbons (Fsp3) is 1.00. The topological polar surface area (TPSA) is 35.5 Å². The van der Waals surface area contributed by atoms with E-state index in [9.17, 15) is 5.11 Å². The first-order valence-corrected chi connectivity index (χ1v) is 7.99. The van der Waals surface area contributed by atoms with Crippen molar-refractivity contribution >= 4 is 0 Å². The van der Waals surface area contributed by atoms with Crippen LogP contribution in [0.3, 0.4) is 0 Å². The van der Waals surface area contributed by atoms with Crippen LogP contribution in [0.5, 0.6) is 0 Å². The third kappa shape index (κ3) is 6.24. The zero-order valence-electron chi connectivity index (χ0n) is 13.5. The molecule has 114 valence electrons. The molecule has 1 saturated heterocycles. The van der Waals surface area contributed by atoms with E-state index in [4.69, 9.17) is 0 Å². The van der Waals surface area contributed by atoms with Crippen molar-refractivity contribution in [3.05, 3.63) is 0 Å². The van der Waals surface area contributed by atoms with Crippen LogP contribution in [0, 0.1) is 5.41 Å². The first-order chi connectivity index (χ1) is 8.91. The molecule has 1 aliphatic rings. The van der Waals surface area contributed by atoms with Crippen molar-refractivity contribution in [3.8, 4) is 0 Å². The highest BCUT2D eigenvalue weighted by Gasteiger charge is 2.28. The second-order valence-electron chi connectivity index (χ2n) is 7.29. The van der Waals surface area contributed by atoms with Gasteiger partial charge in [0, 0.05) is 12.1 Å². The summed E-state index contributed by atoms with van der Waals surface area (Å²) in [6.45, 7) is 14.0. The van der Waals surface area contributed by atoms with Gasteiger partial charge < -0.3 is 15.3 Å². The number of hydrogen-bond acceptors (Lipinski definition) is 3. The monoisotopic (exact) mass is 270 g/mol. The zero-order chi connectivity index (χ0) is 14.4. The maximum Gasteiger partial charge on any atom is 0.0610 e. The van der Waals surface area contributed by atoms with Crippen LogP contribution in [0.25, 0.3) is 0 Å². The first kappa shape index (κ1) is 16.9. The van der Waals surface area contributed by atoms with Crippen molar-refractivity contribution in [2.75, 3.05) is 32.8 Å². The molecule has 1 heterocycles. The van der Waals surface area contributed by atoms with Crippen molar-refractivity contribution in [2.24, 2.45) is 5.41 Å². The molecule has 1 aliphatic heterocycles. The standard InChI is InChI=1S/C16H34N2O/c1-5-10-17-16(4,14-19)8-6-7-11-18-12-9-15(2,3)13-18/h17,19H,5-14H2,1-4H3. The van der Waals surface area contributed by atoms with Crippen molar-refractivity contribution in [1.29, 1.82) is 0 Å². The van der Waals surface area contributed by atoms with Gasteiger partial charge in [-0.05, 0) is 57.7 Å². The highest BCUT2D eigenvalue weighted by atomic mass is 16.3. The Balaban J connectivity index is 2.15. The molecule has 3 nitrogen and oxygen atoms in total. The molecule has 1 rings (SSSR count). The lowest BCUT2D eigenvalue weighted by Gasteiger charge is -2.29. The first-order valence-electron chi connectivity index (χ1n) is 7.99. The van der Waals surface area contributed by atoms with Gasteiger partial charge in [-0.3, -0.25) is 0 Å². The minimum Gasteiger partial charge on any atom is -0.394 e. The van der Waals surface area contributed by atoms with Crippen LogP contribution in [0.15, 0.2) is 0 Å². The molecule has 0 saturated carbocycles. The van der Waals surface area contributed by atoms with E-state index in [1.807, 2.05) is 0 Å². The second kappa shape index (κ2) is 7.61. The lowest BCUT2D eigenvalue weighted by atomic mass is 9.93. The molecule has 0 aromatic rings. The maximum atomic E-state index is 9.52. The number of rotatable bonds is 9. The SMILES string of the molecule is CCCNC(C)(CO)CCCCN1CCC(C)(C)C1. The summed E-state index contributed by atoms with van der Waals surface area (Å²) >= 11 is 0. The molecule has 3 heteroatoms. The Morgan fingerprint density at radius 3 is 2.58 bits per heavy atom. The molecule has 0 amide bonds. The Labute approximate surface area is 119 Å². The zero-order valence-corrected chi connectivity index (χ0v) is 13.5. The Morgan fingerprint density at radius 2 is 2.05 bits per heavy atom. The predicted molar refractivity (Wildman–Crippen MR) is 82.5 cm³/mol. The van der Waals surface area contributed by atoms with Crippen molar-refractivity contribution in [2.45, 2.75) is 65.3 Å². The number of unbranched alkanes of at least 4 members (excludes halogenated alkanes) is 1. The van der Waals surface area contributed by atoms with E-state index in [1.54, 1.807) is 0 Å².